The lowest BCUT2D eigenvalue weighted by atomic mass is 9.86. The average molecular weight is 537 g/mol. The standard InChI is InChI=1S/C38H20N2O2/c39-21-23-9-1-2-10-25(23)31-19-24(26-13-8-18-36-37(26)30-12-4-6-17-35(30)41-36)20-32(33(31)22-40)29-15-7-14-28-27-11-3-5-16-34(27)42-38(28)29/h1-20H. The van der Waals surface area contributed by atoms with Gasteiger partial charge in [0.15, 0.2) is 0 Å². The minimum atomic E-state index is 0.485. The van der Waals surface area contributed by atoms with E-state index in [-0.39, 0.29) is 0 Å². The van der Waals surface area contributed by atoms with Gasteiger partial charge in [-0.05, 0) is 47.5 Å². The number of nitrogens with zero attached hydrogens (tertiary/aromatic N) is 2. The lowest BCUT2D eigenvalue weighted by Gasteiger charge is -2.16. The van der Waals surface area contributed by atoms with Gasteiger partial charge in [0.25, 0.3) is 0 Å². The molecule has 0 amide bonds. The van der Waals surface area contributed by atoms with Crippen molar-refractivity contribution in [2.45, 2.75) is 0 Å². The highest BCUT2D eigenvalue weighted by atomic mass is 16.3. The van der Waals surface area contributed by atoms with Gasteiger partial charge >= 0.3 is 0 Å². The van der Waals surface area contributed by atoms with E-state index in [1.807, 2.05) is 97.1 Å². The third-order valence-corrected chi connectivity index (χ3v) is 8.00. The highest BCUT2D eigenvalue weighted by Gasteiger charge is 2.22. The number of benzene rings is 6. The van der Waals surface area contributed by atoms with Gasteiger partial charge < -0.3 is 8.83 Å². The predicted octanol–water partition coefficient (Wildman–Crippen LogP) is 10.2. The SMILES string of the molecule is N#Cc1ccccc1-c1cc(-c2cccc3oc4ccccc4c23)cc(-c2cccc3c2oc2ccccc23)c1C#N. The number of nitriles is 2. The zero-order valence-electron chi connectivity index (χ0n) is 22.3. The Labute approximate surface area is 240 Å². The maximum Gasteiger partial charge on any atom is 0.143 e. The second-order valence-corrected chi connectivity index (χ2v) is 10.3. The fourth-order valence-electron chi connectivity index (χ4n) is 6.13. The molecule has 0 aliphatic rings. The van der Waals surface area contributed by atoms with Crippen LogP contribution in [0.15, 0.2) is 130 Å². The van der Waals surface area contributed by atoms with E-state index in [0.717, 1.165) is 66.1 Å². The van der Waals surface area contributed by atoms with Crippen LogP contribution in [0, 0.1) is 22.7 Å². The maximum atomic E-state index is 10.7. The van der Waals surface area contributed by atoms with Gasteiger partial charge in [0, 0.05) is 43.8 Å². The van der Waals surface area contributed by atoms with E-state index >= 15 is 0 Å². The van der Waals surface area contributed by atoms with Crippen molar-refractivity contribution in [1.82, 2.24) is 0 Å². The first kappa shape index (κ1) is 23.8. The highest BCUT2D eigenvalue weighted by Crippen LogP contribution is 2.44. The van der Waals surface area contributed by atoms with Crippen LogP contribution in [0.2, 0.25) is 0 Å². The van der Waals surface area contributed by atoms with Gasteiger partial charge in [-0.1, -0.05) is 84.9 Å². The summed E-state index contributed by atoms with van der Waals surface area (Å²) in [6, 6.07) is 44.4. The Morgan fingerprint density at radius 3 is 1.86 bits per heavy atom. The van der Waals surface area contributed by atoms with Crippen molar-refractivity contribution in [1.29, 1.82) is 10.5 Å². The highest BCUT2D eigenvalue weighted by molar-refractivity contribution is 6.14. The minimum Gasteiger partial charge on any atom is -0.456 e. The number of hydrogen-bond donors (Lipinski definition) is 0. The Morgan fingerprint density at radius 2 is 1.05 bits per heavy atom. The molecule has 4 nitrogen and oxygen atoms in total. The maximum absolute atomic E-state index is 10.7. The van der Waals surface area contributed by atoms with Crippen LogP contribution < -0.4 is 0 Å². The van der Waals surface area contributed by atoms with Crippen LogP contribution in [-0.4, -0.2) is 0 Å². The van der Waals surface area contributed by atoms with Crippen molar-refractivity contribution < 1.29 is 8.83 Å². The molecule has 0 bridgehead atoms. The van der Waals surface area contributed by atoms with Crippen LogP contribution in [0.4, 0.5) is 0 Å². The summed E-state index contributed by atoms with van der Waals surface area (Å²) in [5.41, 5.74) is 8.97. The Hall–Kier alpha value is -6.10. The molecule has 0 saturated heterocycles. The second-order valence-electron chi connectivity index (χ2n) is 10.3. The first-order valence-corrected chi connectivity index (χ1v) is 13.6. The first-order valence-electron chi connectivity index (χ1n) is 13.6. The number of para-hydroxylation sites is 3. The molecule has 0 spiro atoms. The van der Waals surface area contributed by atoms with Crippen molar-refractivity contribution in [3.8, 4) is 45.5 Å². The quantitative estimate of drug-likeness (QED) is 0.225. The largest absolute Gasteiger partial charge is 0.456 e. The molecule has 42 heavy (non-hydrogen) atoms. The molecular formula is C38H20N2O2. The molecule has 194 valence electrons. The number of hydrogen-bond acceptors (Lipinski definition) is 4. The molecule has 6 aromatic carbocycles. The molecule has 0 N–H and O–H groups in total. The van der Waals surface area contributed by atoms with Crippen LogP contribution in [0.25, 0.3) is 77.3 Å². The van der Waals surface area contributed by atoms with Crippen molar-refractivity contribution in [3.05, 3.63) is 132 Å². The van der Waals surface area contributed by atoms with Gasteiger partial charge in [-0.3, -0.25) is 0 Å². The first-order chi connectivity index (χ1) is 20.7. The molecule has 0 radical (unpaired) electrons. The summed E-state index contributed by atoms with van der Waals surface area (Å²) >= 11 is 0. The summed E-state index contributed by atoms with van der Waals surface area (Å²) in [5, 5.41) is 24.7. The number of furan rings is 2. The molecule has 0 unspecified atom stereocenters. The molecular weight excluding hydrogens is 516 g/mol. The summed E-state index contributed by atoms with van der Waals surface area (Å²) in [4.78, 5) is 0. The van der Waals surface area contributed by atoms with Crippen LogP contribution in [0.3, 0.4) is 0 Å². The molecule has 8 rings (SSSR count). The Kier molecular flexibility index (Phi) is 5.22. The lowest BCUT2D eigenvalue weighted by molar-refractivity contribution is 0.669. The fraction of sp³-hybridized carbons (Fsp3) is 0. The summed E-state index contributed by atoms with van der Waals surface area (Å²) in [7, 11) is 0. The van der Waals surface area contributed by atoms with Crippen LogP contribution >= 0.6 is 0 Å². The molecule has 0 fully saturated rings. The number of fused-ring (bicyclic) bond motifs is 6. The summed E-state index contributed by atoms with van der Waals surface area (Å²) in [6.07, 6.45) is 0. The van der Waals surface area contributed by atoms with Crippen molar-refractivity contribution in [2.24, 2.45) is 0 Å². The molecule has 8 aromatic rings. The molecule has 0 atom stereocenters. The van der Waals surface area contributed by atoms with Crippen molar-refractivity contribution >= 4 is 43.9 Å². The third kappa shape index (κ3) is 3.47. The van der Waals surface area contributed by atoms with Crippen LogP contribution in [-0.2, 0) is 0 Å². The molecule has 2 aromatic heterocycles. The minimum absolute atomic E-state index is 0.485. The van der Waals surface area contributed by atoms with Gasteiger partial charge in [-0.15, -0.1) is 0 Å². The second kappa shape index (κ2) is 9.24. The normalized spacial score (nSPS) is 11.3. The zero-order valence-corrected chi connectivity index (χ0v) is 22.3. The van der Waals surface area contributed by atoms with E-state index in [2.05, 4.69) is 30.3 Å². The lowest BCUT2D eigenvalue weighted by Crippen LogP contribution is -1.95. The summed E-state index contributed by atoms with van der Waals surface area (Å²) < 4.78 is 12.6. The summed E-state index contributed by atoms with van der Waals surface area (Å²) in [5.74, 6) is 0. The van der Waals surface area contributed by atoms with Crippen molar-refractivity contribution in [3.63, 3.8) is 0 Å². The van der Waals surface area contributed by atoms with E-state index in [9.17, 15) is 10.5 Å². The average Bonchev–Trinajstić information content (AvgIpc) is 3.62. The van der Waals surface area contributed by atoms with Gasteiger partial charge in [0.2, 0.25) is 0 Å². The molecule has 0 saturated carbocycles. The topological polar surface area (TPSA) is 73.9 Å². The van der Waals surface area contributed by atoms with Gasteiger partial charge in [-0.25, -0.2) is 0 Å². The Balaban J connectivity index is 1.51. The summed E-state index contributed by atoms with van der Waals surface area (Å²) in [6.45, 7) is 0. The number of rotatable bonds is 3. The van der Waals surface area contributed by atoms with E-state index in [1.54, 1.807) is 6.07 Å². The van der Waals surface area contributed by atoms with E-state index in [1.165, 1.54) is 0 Å². The van der Waals surface area contributed by atoms with Crippen molar-refractivity contribution in [2.75, 3.05) is 0 Å². The van der Waals surface area contributed by atoms with Gasteiger partial charge in [0.05, 0.1) is 17.2 Å². The third-order valence-electron chi connectivity index (χ3n) is 8.00. The fourth-order valence-corrected chi connectivity index (χ4v) is 6.13. The Bertz CT molecular complexity index is 2450. The van der Waals surface area contributed by atoms with Crippen LogP contribution in [0.1, 0.15) is 11.1 Å². The molecule has 2 heterocycles. The Morgan fingerprint density at radius 1 is 0.452 bits per heavy atom. The molecule has 0 aliphatic heterocycles. The predicted molar refractivity (Wildman–Crippen MR) is 167 cm³/mol. The van der Waals surface area contributed by atoms with E-state index < -0.39 is 0 Å². The monoisotopic (exact) mass is 536 g/mol. The van der Waals surface area contributed by atoms with Gasteiger partial charge in [-0.2, -0.15) is 10.5 Å². The van der Waals surface area contributed by atoms with E-state index in [0.29, 0.717) is 22.3 Å². The van der Waals surface area contributed by atoms with E-state index in [4.69, 9.17) is 8.83 Å². The molecule has 4 heteroatoms. The molecule has 0 aliphatic carbocycles. The van der Waals surface area contributed by atoms with Crippen LogP contribution in [0.5, 0.6) is 0 Å². The zero-order chi connectivity index (χ0) is 28.2. The van der Waals surface area contributed by atoms with Gasteiger partial charge in [0.1, 0.15) is 28.4 Å². The smallest absolute Gasteiger partial charge is 0.143 e.